The van der Waals surface area contributed by atoms with E-state index in [0.717, 1.165) is 11.1 Å². The second-order valence-corrected chi connectivity index (χ2v) is 6.18. The molecule has 0 heterocycles. The molecule has 0 saturated heterocycles. The maximum absolute atomic E-state index is 12.0. The molecule has 0 bridgehead atoms. The molecule has 0 N–H and O–H groups in total. The lowest BCUT2D eigenvalue weighted by Crippen LogP contribution is -2.40. The Bertz CT molecular complexity index is 663. The Hall–Kier alpha value is -2.00. The summed E-state index contributed by atoms with van der Waals surface area (Å²) < 4.78 is 11.0. The van der Waals surface area contributed by atoms with Gasteiger partial charge in [0.15, 0.2) is 5.60 Å². The van der Waals surface area contributed by atoms with E-state index in [1.807, 2.05) is 48.5 Å². The van der Waals surface area contributed by atoms with Crippen LogP contribution in [0.5, 0.6) is 5.75 Å². The predicted molar refractivity (Wildman–Crippen MR) is 92.0 cm³/mol. The van der Waals surface area contributed by atoms with Crippen molar-refractivity contribution in [1.82, 2.24) is 0 Å². The quantitative estimate of drug-likeness (QED) is 0.722. The van der Waals surface area contributed by atoms with Gasteiger partial charge in [-0.3, -0.25) is 0 Å². The van der Waals surface area contributed by atoms with E-state index in [1.165, 1.54) is 0 Å². The molecule has 4 heteroatoms. The molecule has 3 nitrogen and oxygen atoms in total. The van der Waals surface area contributed by atoms with E-state index in [-0.39, 0.29) is 5.97 Å². The Morgan fingerprint density at radius 1 is 1.09 bits per heavy atom. The van der Waals surface area contributed by atoms with Crippen LogP contribution in [0.1, 0.15) is 31.9 Å². The smallest absolute Gasteiger partial charge is 0.349 e. The molecule has 0 saturated carbocycles. The SMILES string of the molecule is CCOC(=O)C(C)(C)Oc1ccccc1Cc1ccc(Cl)cc1. The molecule has 23 heavy (non-hydrogen) atoms. The number of rotatable bonds is 6. The van der Waals surface area contributed by atoms with Crippen LogP contribution in [0.3, 0.4) is 0 Å². The van der Waals surface area contributed by atoms with Gasteiger partial charge >= 0.3 is 5.97 Å². The number of para-hydroxylation sites is 1. The fourth-order valence-electron chi connectivity index (χ4n) is 2.19. The van der Waals surface area contributed by atoms with E-state index >= 15 is 0 Å². The molecular formula is C19H21ClO3. The molecule has 0 spiro atoms. The minimum absolute atomic E-state index is 0.331. The van der Waals surface area contributed by atoms with Crippen molar-refractivity contribution in [1.29, 1.82) is 0 Å². The zero-order chi connectivity index (χ0) is 16.9. The second kappa shape index (κ2) is 7.51. The highest BCUT2D eigenvalue weighted by Gasteiger charge is 2.32. The Morgan fingerprint density at radius 2 is 1.74 bits per heavy atom. The van der Waals surface area contributed by atoms with E-state index < -0.39 is 5.60 Å². The Morgan fingerprint density at radius 3 is 2.39 bits per heavy atom. The van der Waals surface area contributed by atoms with E-state index in [2.05, 4.69) is 0 Å². The van der Waals surface area contributed by atoms with Crippen molar-refractivity contribution in [3.05, 3.63) is 64.7 Å². The summed E-state index contributed by atoms with van der Waals surface area (Å²) in [6.45, 7) is 5.54. The summed E-state index contributed by atoms with van der Waals surface area (Å²) in [7, 11) is 0. The number of carbonyl (C=O) groups is 1. The van der Waals surface area contributed by atoms with Gasteiger partial charge in [-0.05, 0) is 50.1 Å². The molecule has 0 aromatic heterocycles. The number of ether oxygens (including phenoxy) is 2. The van der Waals surface area contributed by atoms with Crippen LogP contribution in [-0.2, 0) is 16.0 Å². The monoisotopic (exact) mass is 332 g/mol. The molecule has 2 rings (SSSR count). The average molecular weight is 333 g/mol. The van der Waals surface area contributed by atoms with Gasteiger partial charge in [0.25, 0.3) is 0 Å². The van der Waals surface area contributed by atoms with Gasteiger partial charge < -0.3 is 9.47 Å². The van der Waals surface area contributed by atoms with Crippen molar-refractivity contribution in [2.45, 2.75) is 32.8 Å². The van der Waals surface area contributed by atoms with Crippen LogP contribution in [-0.4, -0.2) is 18.2 Å². The maximum atomic E-state index is 12.0. The Labute approximate surface area is 142 Å². The predicted octanol–water partition coefficient (Wildman–Crippen LogP) is 4.65. The molecule has 122 valence electrons. The fourth-order valence-corrected chi connectivity index (χ4v) is 2.32. The minimum Gasteiger partial charge on any atom is -0.476 e. The van der Waals surface area contributed by atoms with Crippen LogP contribution >= 0.6 is 11.6 Å². The highest BCUT2D eigenvalue weighted by molar-refractivity contribution is 6.30. The number of benzene rings is 2. The van der Waals surface area contributed by atoms with Crippen LogP contribution in [0.15, 0.2) is 48.5 Å². The lowest BCUT2D eigenvalue weighted by molar-refractivity contribution is -0.158. The molecule has 0 amide bonds. The van der Waals surface area contributed by atoms with Crippen molar-refractivity contribution >= 4 is 17.6 Å². The maximum Gasteiger partial charge on any atom is 0.349 e. The van der Waals surface area contributed by atoms with Crippen molar-refractivity contribution in [2.24, 2.45) is 0 Å². The van der Waals surface area contributed by atoms with E-state index in [1.54, 1.807) is 20.8 Å². The minimum atomic E-state index is -1.04. The van der Waals surface area contributed by atoms with Gasteiger partial charge in [-0.2, -0.15) is 0 Å². The summed E-state index contributed by atoms with van der Waals surface area (Å²) in [5.41, 5.74) is 1.10. The highest BCUT2D eigenvalue weighted by Crippen LogP contribution is 2.26. The van der Waals surface area contributed by atoms with Crippen molar-refractivity contribution in [3.63, 3.8) is 0 Å². The Kier molecular flexibility index (Phi) is 5.67. The normalized spacial score (nSPS) is 11.1. The van der Waals surface area contributed by atoms with Gasteiger partial charge in [0, 0.05) is 11.4 Å². The number of esters is 1. The zero-order valence-corrected chi connectivity index (χ0v) is 14.4. The Balaban J connectivity index is 2.20. The summed E-state index contributed by atoms with van der Waals surface area (Å²) in [5, 5.41) is 0.710. The first kappa shape index (κ1) is 17.4. The molecular weight excluding hydrogens is 312 g/mol. The summed E-state index contributed by atoms with van der Waals surface area (Å²) in [4.78, 5) is 12.0. The van der Waals surface area contributed by atoms with Crippen LogP contribution in [0.25, 0.3) is 0 Å². The van der Waals surface area contributed by atoms with Gasteiger partial charge in [-0.25, -0.2) is 4.79 Å². The van der Waals surface area contributed by atoms with Crippen LogP contribution in [0.4, 0.5) is 0 Å². The first-order valence-corrected chi connectivity index (χ1v) is 7.99. The van der Waals surface area contributed by atoms with Crippen LogP contribution in [0.2, 0.25) is 5.02 Å². The molecule has 0 aliphatic heterocycles. The first-order chi connectivity index (χ1) is 10.9. The first-order valence-electron chi connectivity index (χ1n) is 7.61. The average Bonchev–Trinajstić information content (AvgIpc) is 2.51. The molecule has 0 fully saturated rings. The van der Waals surface area contributed by atoms with Gasteiger partial charge in [0.1, 0.15) is 5.75 Å². The molecule has 2 aromatic carbocycles. The second-order valence-electron chi connectivity index (χ2n) is 5.74. The third kappa shape index (κ3) is 4.73. The lowest BCUT2D eigenvalue weighted by atomic mass is 10.0. The zero-order valence-electron chi connectivity index (χ0n) is 13.6. The topological polar surface area (TPSA) is 35.5 Å². The van der Waals surface area contributed by atoms with Crippen molar-refractivity contribution < 1.29 is 14.3 Å². The van der Waals surface area contributed by atoms with Crippen LogP contribution in [0, 0.1) is 0 Å². The standard InChI is InChI=1S/C19H21ClO3/c1-4-22-18(21)19(2,3)23-17-8-6-5-7-15(17)13-14-9-11-16(20)12-10-14/h5-12H,4,13H2,1-3H3. The summed E-state index contributed by atoms with van der Waals surface area (Å²) >= 11 is 5.92. The van der Waals surface area contributed by atoms with Gasteiger partial charge in [-0.15, -0.1) is 0 Å². The molecule has 0 aliphatic rings. The van der Waals surface area contributed by atoms with Crippen molar-refractivity contribution in [3.8, 4) is 5.75 Å². The van der Waals surface area contributed by atoms with Crippen molar-refractivity contribution in [2.75, 3.05) is 6.61 Å². The summed E-state index contributed by atoms with van der Waals surface area (Å²) in [6, 6.07) is 15.4. The lowest BCUT2D eigenvalue weighted by Gasteiger charge is -2.25. The van der Waals surface area contributed by atoms with E-state index in [0.29, 0.717) is 23.8 Å². The van der Waals surface area contributed by atoms with Gasteiger partial charge in [0.2, 0.25) is 0 Å². The number of hydrogen-bond donors (Lipinski definition) is 0. The third-order valence-electron chi connectivity index (χ3n) is 3.41. The third-order valence-corrected chi connectivity index (χ3v) is 3.66. The van der Waals surface area contributed by atoms with E-state index in [4.69, 9.17) is 21.1 Å². The number of hydrogen-bond acceptors (Lipinski definition) is 3. The largest absolute Gasteiger partial charge is 0.476 e. The van der Waals surface area contributed by atoms with Gasteiger partial charge in [-0.1, -0.05) is 41.9 Å². The molecule has 0 unspecified atom stereocenters. The fraction of sp³-hybridized carbons (Fsp3) is 0.316. The summed E-state index contributed by atoms with van der Waals surface area (Å²) in [6.07, 6.45) is 0.701. The van der Waals surface area contributed by atoms with Crippen LogP contribution < -0.4 is 4.74 Å². The molecule has 2 aromatic rings. The highest BCUT2D eigenvalue weighted by atomic mass is 35.5. The number of carbonyl (C=O) groups excluding carboxylic acids is 1. The summed E-state index contributed by atoms with van der Waals surface area (Å²) in [5.74, 6) is 0.307. The van der Waals surface area contributed by atoms with E-state index in [9.17, 15) is 4.79 Å². The number of halogens is 1. The molecule has 0 atom stereocenters. The molecule has 0 radical (unpaired) electrons. The molecule has 0 aliphatic carbocycles. The van der Waals surface area contributed by atoms with Gasteiger partial charge in [0.05, 0.1) is 6.61 Å².